The van der Waals surface area contributed by atoms with Gasteiger partial charge in [0.15, 0.2) is 4.84 Å². The second-order valence-electron chi connectivity index (χ2n) is 5.29. The van der Waals surface area contributed by atoms with Crippen molar-refractivity contribution >= 4 is 29.1 Å². The van der Waals surface area contributed by atoms with Gasteiger partial charge in [-0.3, -0.25) is 4.79 Å². The average Bonchev–Trinajstić information content (AvgIpc) is 2.15. The molecule has 0 aliphatic carbocycles. The molecule has 0 radical (unpaired) electrons. The molecule has 1 aliphatic heterocycles. The van der Waals surface area contributed by atoms with Gasteiger partial charge >= 0.3 is 0 Å². The van der Waals surface area contributed by atoms with Gasteiger partial charge in [0.1, 0.15) is 0 Å². The largest absolute Gasteiger partial charge is 0.332 e. The summed E-state index contributed by atoms with van der Waals surface area (Å²) in [4.78, 5) is 12.7. The highest BCUT2D eigenvalue weighted by Crippen LogP contribution is 2.24. The van der Waals surface area contributed by atoms with Gasteiger partial charge in [0, 0.05) is 24.7 Å². The molecule has 3 nitrogen and oxygen atoms in total. The molecule has 0 aromatic heterocycles. The zero-order valence-electron chi connectivity index (χ0n) is 10.3. The van der Waals surface area contributed by atoms with E-state index < -0.39 is 4.84 Å². The van der Waals surface area contributed by atoms with E-state index >= 15 is 0 Å². The lowest BCUT2D eigenvalue weighted by molar-refractivity contribution is -0.137. The highest BCUT2D eigenvalue weighted by molar-refractivity contribution is 6.53. The fraction of sp³-hybridized carbons (Fsp3) is 0.909. The number of alkyl halides is 2. The van der Waals surface area contributed by atoms with Crippen LogP contribution in [0.15, 0.2) is 0 Å². The maximum absolute atomic E-state index is 11.9. The van der Waals surface area contributed by atoms with Gasteiger partial charge in [-0.25, -0.2) is 0 Å². The molecule has 1 amide bonds. The fourth-order valence-electron chi connectivity index (χ4n) is 1.94. The fourth-order valence-corrected chi connectivity index (χ4v) is 2.17. The monoisotopic (exact) mass is 266 g/mol. The van der Waals surface area contributed by atoms with Crippen molar-refractivity contribution in [3.63, 3.8) is 0 Å². The van der Waals surface area contributed by atoms with E-state index in [0.717, 1.165) is 6.54 Å². The smallest absolute Gasteiger partial charge is 0.256 e. The highest BCUT2D eigenvalue weighted by Gasteiger charge is 2.39. The minimum Gasteiger partial charge on any atom is -0.332 e. The van der Waals surface area contributed by atoms with Gasteiger partial charge in [-0.1, -0.05) is 37.0 Å². The predicted molar refractivity (Wildman–Crippen MR) is 67.9 cm³/mol. The van der Waals surface area contributed by atoms with E-state index in [1.165, 1.54) is 0 Å². The van der Waals surface area contributed by atoms with E-state index in [-0.39, 0.29) is 11.4 Å². The van der Waals surface area contributed by atoms with E-state index in [1.807, 2.05) is 13.8 Å². The Bertz CT molecular complexity index is 267. The molecule has 1 rings (SSSR count). The first-order valence-corrected chi connectivity index (χ1v) is 6.46. The molecule has 5 heteroatoms. The lowest BCUT2D eigenvalue weighted by Crippen LogP contribution is -2.65. The summed E-state index contributed by atoms with van der Waals surface area (Å²) in [7, 11) is 0. The zero-order valence-corrected chi connectivity index (χ0v) is 11.8. The summed E-state index contributed by atoms with van der Waals surface area (Å²) < 4.78 is 0. The summed E-state index contributed by atoms with van der Waals surface area (Å²) in [5, 5.41) is 3.45. The number of nitrogens with one attached hydrogen (secondary N) is 1. The van der Waals surface area contributed by atoms with Crippen LogP contribution >= 0.6 is 23.2 Å². The van der Waals surface area contributed by atoms with Crippen molar-refractivity contribution in [1.82, 2.24) is 10.2 Å². The molecular formula is C11H20Cl2N2O. The molecule has 94 valence electrons. The number of nitrogens with zero attached hydrogens (tertiary/aromatic N) is 1. The number of piperazine rings is 1. The Hall–Kier alpha value is 0.01000. The summed E-state index contributed by atoms with van der Waals surface area (Å²) in [6.45, 7) is 9.74. The Kier molecular flexibility index (Phi) is 4.49. The van der Waals surface area contributed by atoms with Crippen molar-refractivity contribution in [3.8, 4) is 0 Å². The van der Waals surface area contributed by atoms with Crippen LogP contribution in [0.25, 0.3) is 0 Å². The van der Waals surface area contributed by atoms with Crippen LogP contribution in [-0.4, -0.2) is 40.3 Å². The molecule has 1 N–H and O–H groups in total. The van der Waals surface area contributed by atoms with Crippen molar-refractivity contribution < 1.29 is 4.79 Å². The molecular weight excluding hydrogens is 247 g/mol. The van der Waals surface area contributed by atoms with Crippen molar-refractivity contribution in [2.24, 2.45) is 5.92 Å². The lowest BCUT2D eigenvalue weighted by Gasteiger charge is -2.47. The third-order valence-electron chi connectivity index (χ3n) is 3.16. The Morgan fingerprint density at radius 3 is 2.44 bits per heavy atom. The second kappa shape index (κ2) is 5.11. The van der Waals surface area contributed by atoms with Gasteiger partial charge < -0.3 is 10.2 Å². The maximum atomic E-state index is 11.9. The van der Waals surface area contributed by atoms with Gasteiger partial charge in [-0.2, -0.15) is 0 Å². The third kappa shape index (κ3) is 3.02. The van der Waals surface area contributed by atoms with Gasteiger partial charge in [-0.15, -0.1) is 0 Å². The number of halogens is 2. The number of carbonyl (C=O) groups is 1. The van der Waals surface area contributed by atoms with Crippen molar-refractivity contribution in [1.29, 1.82) is 0 Å². The topological polar surface area (TPSA) is 32.3 Å². The van der Waals surface area contributed by atoms with Crippen molar-refractivity contribution in [3.05, 3.63) is 0 Å². The number of amides is 1. The highest BCUT2D eigenvalue weighted by atomic mass is 35.5. The molecule has 1 aliphatic rings. The standard InChI is InChI=1S/C11H20Cl2N2O/c1-7(2)8-5-15(10(16)9(12)13)11(3,4)6-14-8/h7-9,14H,5-6H2,1-4H3. The van der Waals surface area contributed by atoms with Crippen molar-refractivity contribution in [2.45, 2.75) is 44.1 Å². The van der Waals surface area contributed by atoms with Crippen LogP contribution in [0.4, 0.5) is 0 Å². The summed E-state index contributed by atoms with van der Waals surface area (Å²) in [6.07, 6.45) is 0. The number of rotatable bonds is 2. The Morgan fingerprint density at radius 1 is 1.44 bits per heavy atom. The van der Waals surface area contributed by atoms with Crippen molar-refractivity contribution in [2.75, 3.05) is 13.1 Å². The molecule has 0 aromatic carbocycles. The molecule has 1 unspecified atom stereocenters. The van der Waals surface area contributed by atoms with Crippen LogP contribution in [-0.2, 0) is 4.79 Å². The lowest BCUT2D eigenvalue weighted by atomic mass is 9.93. The molecule has 0 bridgehead atoms. The Morgan fingerprint density at radius 2 is 2.00 bits per heavy atom. The summed E-state index contributed by atoms with van der Waals surface area (Å²) in [5.74, 6) is 0.288. The molecule has 1 heterocycles. The number of carbonyl (C=O) groups excluding carboxylic acids is 1. The van der Waals surface area contributed by atoms with Gasteiger partial charge in [0.05, 0.1) is 0 Å². The van der Waals surface area contributed by atoms with Crippen LogP contribution in [0.3, 0.4) is 0 Å². The Labute approximate surface area is 107 Å². The summed E-state index contributed by atoms with van der Waals surface area (Å²) in [5.41, 5.74) is -0.232. The van der Waals surface area contributed by atoms with Gasteiger partial charge in [0.2, 0.25) is 0 Å². The number of hydrogen-bond acceptors (Lipinski definition) is 2. The quantitative estimate of drug-likeness (QED) is 0.776. The van der Waals surface area contributed by atoms with Crippen LogP contribution in [0.5, 0.6) is 0 Å². The van der Waals surface area contributed by atoms with E-state index in [1.54, 1.807) is 4.90 Å². The normalized spacial score (nSPS) is 25.2. The minimum absolute atomic E-state index is 0.194. The zero-order chi connectivity index (χ0) is 12.5. The van der Waals surface area contributed by atoms with E-state index in [0.29, 0.717) is 18.5 Å². The van der Waals surface area contributed by atoms with E-state index in [4.69, 9.17) is 23.2 Å². The molecule has 0 spiro atoms. The maximum Gasteiger partial charge on any atom is 0.256 e. The minimum atomic E-state index is -0.967. The number of hydrogen-bond donors (Lipinski definition) is 1. The third-order valence-corrected chi connectivity index (χ3v) is 3.54. The first-order chi connectivity index (χ1) is 7.25. The molecule has 1 fully saturated rings. The molecule has 16 heavy (non-hydrogen) atoms. The van der Waals surface area contributed by atoms with Gasteiger partial charge in [0.25, 0.3) is 5.91 Å². The summed E-state index contributed by atoms with van der Waals surface area (Å²) >= 11 is 11.3. The average molecular weight is 267 g/mol. The molecule has 0 saturated carbocycles. The molecule has 1 atom stereocenters. The van der Waals surface area contributed by atoms with Gasteiger partial charge in [-0.05, 0) is 19.8 Å². The summed E-state index contributed by atoms with van der Waals surface area (Å²) in [6, 6.07) is 0.309. The predicted octanol–water partition coefficient (Wildman–Crippen LogP) is 2.03. The Balaban J connectivity index is 2.80. The van der Waals surface area contributed by atoms with Crippen LogP contribution in [0, 0.1) is 5.92 Å². The first-order valence-electron chi connectivity index (χ1n) is 5.58. The molecule has 0 aromatic rings. The first kappa shape index (κ1) is 14.1. The van der Waals surface area contributed by atoms with Crippen LogP contribution in [0.1, 0.15) is 27.7 Å². The van der Waals surface area contributed by atoms with E-state index in [2.05, 4.69) is 19.2 Å². The molecule has 1 saturated heterocycles. The second-order valence-corrected chi connectivity index (χ2v) is 6.39. The van der Waals surface area contributed by atoms with Crippen LogP contribution < -0.4 is 5.32 Å². The SMILES string of the molecule is CC(C)C1CN(C(=O)C(Cl)Cl)C(C)(C)CN1. The van der Waals surface area contributed by atoms with Crippen LogP contribution in [0.2, 0.25) is 0 Å². The van der Waals surface area contributed by atoms with E-state index in [9.17, 15) is 4.79 Å².